The highest BCUT2D eigenvalue weighted by molar-refractivity contribution is 6.09. The molecule has 13 heteroatoms. The minimum atomic E-state index is -1.10. The Morgan fingerprint density at radius 3 is 1.18 bits per heavy atom. The van der Waals surface area contributed by atoms with E-state index in [1.165, 1.54) is 0 Å². The molecular weight excluding hydrogens is 891 g/mol. The first-order valence-corrected chi connectivity index (χ1v) is 23.4. The first-order chi connectivity index (χ1) is 34.4. The minimum absolute atomic E-state index is 0.117. The Labute approximate surface area is 413 Å². The van der Waals surface area contributed by atoms with Crippen molar-refractivity contribution in [1.29, 1.82) is 0 Å². The van der Waals surface area contributed by atoms with Crippen molar-refractivity contribution >= 4 is 46.8 Å². The van der Waals surface area contributed by atoms with Crippen molar-refractivity contribution in [3.05, 3.63) is 216 Å². The monoisotopic (exact) mass is 947 g/mol. The van der Waals surface area contributed by atoms with Crippen molar-refractivity contribution in [2.75, 3.05) is 10.6 Å². The highest BCUT2D eigenvalue weighted by atomic mass is 16.2. The summed E-state index contributed by atoms with van der Waals surface area (Å²) in [7, 11) is 0. The van der Waals surface area contributed by atoms with Crippen LogP contribution in [0.25, 0.3) is 22.3 Å². The summed E-state index contributed by atoms with van der Waals surface area (Å²) >= 11 is 0. The molecule has 0 aliphatic carbocycles. The van der Waals surface area contributed by atoms with Crippen LogP contribution in [0.3, 0.4) is 0 Å². The van der Waals surface area contributed by atoms with E-state index < -0.39 is 53.7 Å². The van der Waals surface area contributed by atoms with Gasteiger partial charge in [0.25, 0.3) is 11.8 Å². The van der Waals surface area contributed by atoms with Crippen LogP contribution in [0.4, 0.5) is 11.4 Å². The van der Waals surface area contributed by atoms with Crippen molar-refractivity contribution in [2.24, 2.45) is 17.4 Å². The summed E-state index contributed by atoms with van der Waals surface area (Å²) in [5, 5.41) is 14.6. The molecule has 360 valence electrons. The Hall–Kier alpha value is -8.68. The van der Waals surface area contributed by atoms with Gasteiger partial charge in [-0.1, -0.05) is 178 Å². The van der Waals surface area contributed by atoms with Gasteiger partial charge in [-0.15, -0.1) is 0 Å². The molecule has 0 saturated heterocycles. The number of nitrogens with two attached hydrogens (primary N) is 2. The number of carbonyl (C=O) groups excluding carboxylic acids is 6. The zero-order valence-corrected chi connectivity index (χ0v) is 39.5. The predicted molar refractivity (Wildman–Crippen MR) is 278 cm³/mol. The number of hydrogen-bond acceptors (Lipinski definition) is 7. The van der Waals surface area contributed by atoms with E-state index in [0.717, 1.165) is 16.7 Å². The molecule has 4 atom stereocenters. The molecule has 7 aromatic rings. The molecule has 13 nitrogen and oxygen atoms in total. The summed E-state index contributed by atoms with van der Waals surface area (Å²) in [6, 6.07) is 51.9. The zero-order valence-electron chi connectivity index (χ0n) is 39.5. The average molecular weight is 948 g/mol. The average Bonchev–Trinajstić information content (AvgIpc) is 3.38. The molecule has 71 heavy (non-hydrogen) atoms. The Bertz CT molecular complexity index is 2980. The molecule has 7 aromatic carbocycles. The molecule has 0 saturated carbocycles. The fraction of sp³-hybridized carbons (Fsp3) is 0.172. The van der Waals surface area contributed by atoms with Crippen LogP contribution in [-0.4, -0.2) is 59.6 Å². The second-order valence-electron chi connectivity index (χ2n) is 17.5. The molecule has 6 amide bonds. The molecule has 9 N–H and O–H groups in total. The van der Waals surface area contributed by atoms with Gasteiger partial charge < -0.3 is 38.1 Å². The number of para-hydroxylation sites is 2. The molecule has 0 aromatic heterocycles. The minimum Gasteiger partial charge on any atom is -0.368 e. The topological polar surface area (TPSA) is 215 Å². The fourth-order valence-corrected chi connectivity index (χ4v) is 8.30. The molecule has 0 fully saturated rings. The van der Waals surface area contributed by atoms with E-state index in [0.29, 0.717) is 40.0 Å². The lowest BCUT2D eigenvalue weighted by atomic mass is 9.93. The van der Waals surface area contributed by atoms with E-state index in [9.17, 15) is 28.8 Å². The first-order valence-electron chi connectivity index (χ1n) is 23.4. The third-order valence-corrected chi connectivity index (χ3v) is 12.0. The van der Waals surface area contributed by atoms with Crippen LogP contribution in [-0.2, 0) is 38.4 Å². The standard InChI is InChI=1S/C58H57N7O6/c1-37(2)52(53(60)66)65-58(71)51(36-40-24-10-5-11-25-40)64-55(68)46-31-15-13-27-42(46)41-26-12-14-30-45(41)54(67)63-50(35-39-22-8-4-9-23-39)57(70)62-49-33-19-17-29-44(49)43-28-16-18-32-48(43)61-56(69)47(59)34-38-20-6-3-7-21-38/h3-33,37,47,50-52H,34-36,59H2,1-2H3,(H2,60,66)(H,61,69)(H,62,70)(H,63,67)(H,64,68)(H,65,71)/t47-,50-,51-,52-/m0/s1. The smallest absolute Gasteiger partial charge is 0.252 e. The number of rotatable bonds is 20. The highest BCUT2D eigenvalue weighted by Crippen LogP contribution is 2.34. The van der Waals surface area contributed by atoms with Crippen molar-refractivity contribution < 1.29 is 28.8 Å². The van der Waals surface area contributed by atoms with Crippen LogP contribution in [0, 0.1) is 5.92 Å². The largest absolute Gasteiger partial charge is 0.368 e. The van der Waals surface area contributed by atoms with Crippen LogP contribution in [0.2, 0.25) is 0 Å². The number of benzene rings is 7. The van der Waals surface area contributed by atoms with Gasteiger partial charge in [0.05, 0.1) is 6.04 Å². The van der Waals surface area contributed by atoms with Gasteiger partial charge in [-0.2, -0.15) is 0 Å². The maximum atomic E-state index is 14.6. The second-order valence-corrected chi connectivity index (χ2v) is 17.5. The van der Waals surface area contributed by atoms with Crippen LogP contribution in [0.5, 0.6) is 0 Å². The van der Waals surface area contributed by atoms with E-state index in [2.05, 4.69) is 26.6 Å². The second kappa shape index (κ2) is 24.0. The molecule has 0 bridgehead atoms. The van der Waals surface area contributed by atoms with E-state index in [1.54, 1.807) is 86.6 Å². The van der Waals surface area contributed by atoms with Gasteiger partial charge in [0.1, 0.15) is 18.1 Å². The maximum Gasteiger partial charge on any atom is 0.252 e. The van der Waals surface area contributed by atoms with Gasteiger partial charge in [-0.3, -0.25) is 28.8 Å². The van der Waals surface area contributed by atoms with Gasteiger partial charge in [0, 0.05) is 46.5 Å². The van der Waals surface area contributed by atoms with Crippen LogP contribution in [0.15, 0.2) is 188 Å². The Morgan fingerprint density at radius 2 is 0.761 bits per heavy atom. The van der Waals surface area contributed by atoms with Gasteiger partial charge in [0.15, 0.2) is 0 Å². The number of carbonyl (C=O) groups is 6. The molecule has 0 unspecified atom stereocenters. The number of amides is 6. The third kappa shape index (κ3) is 13.3. The van der Waals surface area contributed by atoms with Crippen LogP contribution >= 0.6 is 0 Å². The van der Waals surface area contributed by atoms with Gasteiger partial charge >= 0.3 is 0 Å². The van der Waals surface area contributed by atoms with Crippen LogP contribution < -0.4 is 38.1 Å². The summed E-state index contributed by atoms with van der Waals surface area (Å²) in [5.74, 6) is -3.63. The Kier molecular flexibility index (Phi) is 17.0. The maximum absolute atomic E-state index is 14.6. The number of primary amides is 1. The molecule has 7 rings (SSSR count). The number of anilines is 2. The van der Waals surface area contributed by atoms with E-state index >= 15 is 0 Å². The van der Waals surface area contributed by atoms with Gasteiger partial charge in [-0.25, -0.2) is 0 Å². The Balaban J connectivity index is 1.14. The van der Waals surface area contributed by atoms with Gasteiger partial charge in [-0.05, 0) is 64.4 Å². The van der Waals surface area contributed by atoms with E-state index in [1.807, 2.05) is 115 Å². The fourth-order valence-electron chi connectivity index (χ4n) is 8.30. The molecule has 0 radical (unpaired) electrons. The summed E-state index contributed by atoms with van der Waals surface area (Å²) < 4.78 is 0. The third-order valence-electron chi connectivity index (χ3n) is 12.0. The summed E-state index contributed by atoms with van der Waals surface area (Å²) in [6.07, 6.45) is 0.593. The summed E-state index contributed by atoms with van der Waals surface area (Å²) in [5.41, 5.74) is 17.9. The normalized spacial score (nSPS) is 12.6. The SMILES string of the molecule is CC(C)[C@H](NC(=O)[C@H](Cc1ccccc1)NC(=O)c1ccccc1-c1ccccc1C(=O)N[C@@H](Cc1ccccc1)C(=O)Nc1ccccc1-c1ccccc1NC(=O)[C@@H](N)Cc1ccccc1)C(N)=O. The van der Waals surface area contributed by atoms with E-state index in [4.69, 9.17) is 11.5 Å². The molecule has 0 aliphatic heterocycles. The number of nitrogens with one attached hydrogen (secondary N) is 5. The molecule has 0 aliphatic rings. The molecule has 0 heterocycles. The first kappa shape index (κ1) is 50.2. The predicted octanol–water partition coefficient (Wildman–Crippen LogP) is 7.48. The molecular formula is C58H57N7O6. The van der Waals surface area contributed by atoms with Crippen molar-refractivity contribution in [2.45, 2.75) is 57.3 Å². The summed E-state index contributed by atoms with van der Waals surface area (Å²) in [6.45, 7) is 3.52. The van der Waals surface area contributed by atoms with Crippen molar-refractivity contribution in [3.8, 4) is 22.3 Å². The van der Waals surface area contributed by atoms with Crippen molar-refractivity contribution in [1.82, 2.24) is 16.0 Å². The van der Waals surface area contributed by atoms with Crippen molar-refractivity contribution in [3.63, 3.8) is 0 Å². The lowest BCUT2D eigenvalue weighted by molar-refractivity contribution is -0.129. The molecule has 0 spiro atoms. The lowest BCUT2D eigenvalue weighted by Gasteiger charge is -2.24. The zero-order chi connectivity index (χ0) is 50.3. The highest BCUT2D eigenvalue weighted by Gasteiger charge is 2.30. The summed E-state index contributed by atoms with van der Waals surface area (Å²) in [4.78, 5) is 83.1. The van der Waals surface area contributed by atoms with E-state index in [-0.39, 0.29) is 35.8 Å². The lowest BCUT2D eigenvalue weighted by Crippen LogP contribution is -2.55. The van der Waals surface area contributed by atoms with Gasteiger partial charge in [0.2, 0.25) is 23.6 Å². The Morgan fingerprint density at radius 1 is 0.408 bits per heavy atom. The van der Waals surface area contributed by atoms with Crippen LogP contribution in [0.1, 0.15) is 51.3 Å². The quantitative estimate of drug-likeness (QED) is 0.0409. The number of hydrogen-bond donors (Lipinski definition) is 7.